The van der Waals surface area contributed by atoms with E-state index < -0.39 is 0 Å². The van der Waals surface area contributed by atoms with Crippen molar-refractivity contribution in [1.29, 1.82) is 0 Å². The number of anilines is 1. The van der Waals surface area contributed by atoms with Crippen LogP contribution in [0, 0.1) is 10.1 Å². The number of hydrogen-bond acceptors (Lipinski definition) is 4. The van der Waals surface area contributed by atoms with E-state index >= 15 is 0 Å². The van der Waals surface area contributed by atoms with Crippen LogP contribution in [0.1, 0.15) is 12.8 Å². The number of nitrogens with zero attached hydrogens (tertiary/aromatic N) is 3. The maximum atomic E-state index is 11.0. The molecule has 0 atom stereocenters. The molecule has 0 bridgehead atoms. The lowest BCUT2D eigenvalue weighted by atomic mass is 10.1. The fraction of sp³-hybridized carbons (Fsp3) is 0.308. The summed E-state index contributed by atoms with van der Waals surface area (Å²) in [6.07, 6.45) is 3.69. The zero-order chi connectivity index (χ0) is 12.5. The summed E-state index contributed by atoms with van der Waals surface area (Å²) in [5.74, 6) is 0.869. The van der Waals surface area contributed by atoms with Crippen LogP contribution < -0.4 is 4.90 Å². The van der Waals surface area contributed by atoms with Gasteiger partial charge in [0.2, 0.25) is 0 Å². The van der Waals surface area contributed by atoms with E-state index in [-0.39, 0.29) is 10.6 Å². The first-order valence-corrected chi connectivity index (χ1v) is 6.04. The van der Waals surface area contributed by atoms with E-state index in [2.05, 4.69) is 9.88 Å². The molecule has 1 aromatic carbocycles. The quantitative estimate of drug-likeness (QED) is 0.601. The Bertz CT molecular complexity index is 606. The van der Waals surface area contributed by atoms with E-state index in [1.54, 1.807) is 6.07 Å². The lowest BCUT2D eigenvalue weighted by molar-refractivity contribution is -0.383. The third-order valence-corrected chi connectivity index (χ3v) is 3.36. The Labute approximate surface area is 104 Å². The van der Waals surface area contributed by atoms with Crippen molar-refractivity contribution < 1.29 is 4.92 Å². The number of benzene rings is 1. The maximum Gasteiger partial charge on any atom is 0.295 e. The van der Waals surface area contributed by atoms with Crippen molar-refractivity contribution in [3.63, 3.8) is 0 Å². The average molecular weight is 243 g/mol. The van der Waals surface area contributed by atoms with Gasteiger partial charge in [0.25, 0.3) is 5.69 Å². The molecular formula is C13H13N3O2. The molecule has 18 heavy (non-hydrogen) atoms. The molecule has 1 saturated heterocycles. The SMILES string of the molecule is O=[N+]([O-])c1cnc(N2CCCC2)c2ccccc12. The molecule has 0 spiro atoms. The molecule has 5 nitrogen and oxygen atoms in total. The van der Waals surface area contributed by atoms with Crippen molar-refractivity contribution in [3.05, 3.63) is 40.6 Å². The molecule has 1 aromatic heterocycles. The van der Waals surface area contributed by atoms with Gasteiger partial charge in [0.05, 0.1) is 10.3 Å². The van der Waals surface area contributed by atoms with Crippen molar-refractivity contribution in [2.75, 3.05) is 18.0 Å². The Hall–Kier alpha value is -2.17. The summed E-state index contributed by atoms with van der Waals surface area (Å²) in [5, 5.41) is 12.5. The molecule has 0 unspecified atom stereocenters. The van der Waals surface area contributed by atoms with Crippen LogP contribution in [0.25, 0.3) is 10.8 Å². The van der Waals surface area contributed by atoms with Crippen molar-refractivity contribution in [2.45, 2.75) is 12.8 Å². The van der Waals surface area contributed by atoms with Gasteiger partial charge < -0.3 is 4.90 Å². The van der Waals surface area contributed by atoms with Crippen LogP contribution in [-0.2, 0) is 0 Å². The first-order valence-electron chi connectivity index (χ1n) is 6.04. The van der Waals surface area contributed by atoms with E-state index in [9.17, 15) is 10.1 Å². The maximum absolute atomic E-state index is 11.0. The Morgan fingerprint density at radius 2 is 1.83 bits per heavy atom. The van der Waals surface area contributed by atoms with Gasteiger partial charge in [0.1, 0.15) is 12.0 Å². The standard InChI is InChI=1S/C13H13N3O2/c17-16(18)12-9-14-13(15-7-3-4-8-15)11-6-2-1-5-10(11)12/h1-2,5-6,9H,3-4,7-8H2. The van der Waals surface area contributed by atoms with Gasteiger partial charge in [-0.05, 0) is 18.9 Å². The van der Waals surface area contributed by atoms with E-state index in [4.69, 9.17) is 0 Å². The molecule has 0 saturated carbocycles. The number of pyridine rings is 1. The summed E-state index contributed by atoms with van der Waals surface area (Å²) < 4.78 is 0. The highest BCUT2D eigenvalue weighted by atomic mass is 16.6. The van der Waals surface area contributed by atoms with Gasteiger partial charge in [-0.1, -0.05) is 18.2 Å². The topological polar surface area (TPSA) is 59.3 Å². The normalized spacial score (nSPS) is 15.2. The largest absolute Gasteiger partial charge is 0.356 e. The molecular weight excluding hydrogens is 230 g/mol. The summed E-state index contributed by atoms with van der Waals surface area (Å²) >= 11 is 0. The Morgan fingerprint density at radius 3 is 2.50 bits per heavy atom. The van der Waals surface area contributed by atoms with Crippen molar-refractivity contribution in [3.8, 4) is 0 Å². The predicted molar refractivity (Wildman–Crippen MR) is 69.8 cm³/mol. The van der Waals surface area contributed by atoms with Gasteiger partial charge in [0.15, 0.2) is 0 Å². The van der Waals surface area contributed by atoms with Crippen LogP contribution in [0.2, 0.25) is 0 Å². The third kappa shape index (κ3) is 1.68. The second-order valence-electron chi connectivity index (χ2n) is 4.46. The summed E-state index contributed by atoms with van der Waals surface area (Å²) in [5.41, 5.74) is 0.0774. The number of fused-ring (bicyclic) bond motifs is 1. The molecule has 1 aliphatic heterocycles. The minimum absolute atomic E-state index is 0.0774. The van der Waals surface area contributed by atoms with E-state index in [1.165, 1.54) is 6.20 Å². The number of hydrogen-bond donors (Lipinski definition) is 0. The zero-order valence-electron chi connectivity index (χ0n) is 9.87. The molecule has 5 heteroatoms. The van der Waals surface area contributed by atoms with Crippen LogP contribution >= 0.6 is 0 Å². The highest BCUT2D eigenvalue weighted by Crippen LogP contribution is 2.32. The predicted octanol–water partition coefficient (Wildman–Crippen LogP) is 2.74. The van der Waals surface area contributed by atoms with Gasteiger partial charge in [-0.2, -0.15) is 0 Å². The van der Waals surface area contributed by atoms with Crippen molar-refractivity contribution >= 4 is 22.3 Å². The molecule has 92 valence electrons. The summed E-state index contributed by atoms with van der Waals surface area (Å²) in [4.78, 5) is 17.1. The van der Waals surface area contributed by atoms with Gasteiger partial charge in [-0.25, -0.2) is 4.98 Å². The van der Waals surface area contributed by atoms with Crippen molar-refractivity contribution in [2.24, 2.45) is 0 Å². The third-order valence-electron chi connectivity index (χ3n) is 3.36. The summed E-state index contributed by atoms with van der Waals surface area (Å²) in [7, 11) is 0. The molecule has 1 fully saturated rings. The number of rotatable bonds is 2. The lowest BCUT2D eigenvalue weighted by Crippen LogP contribution is -2.19. The van der Waals surface area contributed by atoms with Crippen LogP contribution in [0.5, 0.6) is 0 Å². The van der Waals surface area contributed by atoms with Gasteiger partial charge >= 0.3 is 0 Å². The highest BCUT2D eigenvalue weighted by Gasteiger charge is 2.20. The number of nitro groups is 1. The molecule has 2 heterocycles. The first-order chi connectivity index (χ1) is 8.77. The highest BCUT2D eigenvalue weighted by molar-refractivity contribution is 5.98. The fourth-order valence-corrected chi connectivity index (χ4v) is 2.49. The zero-order valence-corrected chi connectivity index (χ0v) is 9.87. The number of aromatic nitrogens is 1. The van der Waals surface area contributed by atoms with Crippen LogP contribution in [-0.4, -0.2) is 23.0 Å². The minimum atomic E-state index is -0.372. The van der Waals surface area contributed by atoms with E-state index in [1.807, 2.05) is 18.2 Å². The van der Waals surface area contributed by atoms with Crippen LogP contribution in [0.15, 0.2) is 30.5 Å². The van der Waals surface area contributed by atoms with Crippen molar-refractivity contribution in [1.82, 2.24) is 4.98 Å². The minimum Gasteiger partial charge on any atom is -0.356 e. The van der Waals surface area contributed by atoms with Gasteiger partial charge in [-0.3, -0.25) is 10.1 Å². The molecule has 1 aliphatic rings. The Balaban J connectivity index is 2.22. The van der Waals surface area contributed by atoms with Gasteiger partial charge in [0, 0.05) is 18.5 Å². The molecule has 0 N–H and O–H groups in total. The Morgan fingerprint density at radius 1 is 1.17 bits per heavy atom. The summed E-state index contributed by atoms with van der Waals surface area (Å²) in [6.45, 7) is 1.96. The lowest BCUT2D eigenvalue weighted by Gasteiger charge is -2.18. The van der Waals surface area contributed by atoms with Crippen LogP contribution in [0.3, 0.4) is 0 Å². The fourth-order valence-electron chi connectivity index (χ4n) is 2.49. The summed E-state index contributed by atoms with van der Waals surface area (Å²) in [6, 6.07) is 7.41. The smallest absolute Gasteiger partial charge is 0.295 e. The monoisotopic (exact) mass is 243 g/mol. The molecule has 3 rings (SSSR count). The Kier molecular flexibility index (Phi) is 2.59. The molecule has 0 radical (unpaired) electrons. The molecule has 2 aromatic rings. The molecule has 0 aliphatic carbocycles. The molecule has 0 amide bonds. The second kappa shape index (κ2) is 4.25. The average Bonchev–Trinajstić information content (AvgIpc) is 2.91. The van der Waals surface area contributed by atoms with E-state index in [0.717, 1.165) is 37.1 Å². The first kappa shape index (κ1) is 11.0. The second-order valence-corrected chi connectivity index (χ2v) is 4.46. The van der Waals surface area contributed by atoms with Gasteiger partial charge in [-0.15, -0.1) is 0 Å². The van der Waals surface area contributed by atoms with E-state index in [0.29, 0.717) is 5.39 Å². The van der Waals surface area contributed by atoms with Crippen LogP contribution in [0.4, 0.5) is 11.5 Å².